The Balaban J connectivity index is 0.000000749. The molecule has 5 aromatic carbocycles. The lowest BCUT2D eigenvalue weighted by atomic mass is 9.96. The Morgan fingerprint density at radius 1 is 0.712 bits per heavy atom. The van der Waals surface area contributed by atoms with Crippen molar-refractivity contribution in [1.82, 2.24) is 9.63 Å². The third-order valence-electron chi connectivity index (χ3n) is 10.4. The van der Waals surface area contributed by atoms with Gasteiger partial charge >= 0.3 is 5.97 Å². The number of amides is 1. The number of allylic oxidation sites excluding steroid dienone is 2. The number of Topliss-reactive ketones (excluding diaryl/α,β-unsaturated/α-hetero) is 1. The van der Waals surface area contributed by atoms with Gasteiger partial charge in [0.1, 0.15) is 11.8 Å². The highest BCUT2D eigenvalue weighted by atomic mass is 16.7. The number of aromatic nitrogens is 1. The van der Waals surface area contributed by atoms with E-state index in [9.17, 15) is 19.8 Å². The third kappa shape index (κ3) is 10.5. The molecule has 1 radical (unpaired) electrons. The van der Waals surface area contributed by atoms with Crippen LogP contribution in [-0.2, 0) is 43.7 Å². The van der Waals surface area contributed by atoms with Crippen LogP contribution in [0.25, 0.3) is 32.6 Å². The topological polar surface area (TPSA) is 105 Å². The van der Waals surface area contributed by atoms with Crippen molar-refractivity contribution in [3.63, 3.8) is 0 Å². The minimum absolute atomic E-state index is 0.165. The number of hydrogen-bond acceptors (Lipinski definition) is 7. The predicted molar refractivity (Wildman–Crippen MR) is 240 cm³/mol. The van der Waals surface area contributed by atoms with E-state index in [1.54, 1.807) is 6.92 Å². The van der Waals surface area contributed by atoms with Crippen molar-refractivity contribution in [2.45, 2.75) is 87.6 Å². The normalized spacial score (nSPS) is 12.3. The summed E-state index contributed by atoms with van der Waals surface area (Å²) in [6, 6.07) is 34.3. The van der Waals surface area contributed by atoms with Crippen molar-refractivity contribution in [3.05, 3.63) is 143 Å². The lowest BCUT2D eigenvalue weighted by Crippen LogP contribution is -2.36. The number of hydroxylamine groups is 2. The molecule has 0 spiro atoms. The van der Waals surface area contributed by atoms with Crippen molar-refractivity contribution in [2.24, 2.45) is 0 Å². The Morgan fingerprint density at radius 3 is 1.92 bits per heavy atom. The minimum Gasteiger partial charge on any atom is -0.372 e. The number of fused-ring (bicyclic) bond motifs is 4. The molecule has 0 saturated heterocycles. The number of carbonyl (C=O) groups excluding carboxylic acids is 3. The fraction of sp³-hybridized carbons (Fsp3) is 0.300. The number of anilines is 1. The Morgan fingerprint density at radius 2 is 1.34 bits per heavy atom. The van der Waals surface area contributed by atoms with E-state index in [1.165, 1.54) is 35.9 Å². The first-order valence-corrected chi connectivity index (χ1v) is 20.6. The van der Waals surface area contributed by atoms with Gasteiger partial charge in [0, 0.05) is 78.5 Å². The Kier molecular flexibility index (Phi) is 15.4. The maximum Gasteiger partial charge on any atom is 0.329 e. The van der Waals surface area contributed by atoms with Gasteiger partial charge in [-0.1, -0.05) is 98.8 Å². The summed E-state index contributed by atoms with van der Waals surface area (Å²) in [6.07, 6.45) is 3.78. The molecule has 7 rings (SSSR count). The molecule has 1 aromatic heterocycles. The zero-order chi connectivity index (χ0) is 42.6. The van der Waals surface area contributed by atoms with Crippen LogP contribution in [0.2, 0.25) is 0 Å². The molecular formula is C50H57N4O5. The Labute approximate surface area is 348 Å². The molecule has 0 saturated carbocycles. The van der Waals surface area contributed by atoms with Crippen LogP contribution in [0.15, 0.2) is 115 Å². The van der Waals surface area contributed by atoms with Crippen molar-refractivity contribution in [1.29, 1.82) is 5.41 Å². The van der Waals surface area contributed by atoms with Gasteiger partial charge in [-0.05, 0) is 85.7 Å². The van der Waals surface area contributed by atoms with Crippen molar-refractivity contribution >= 4 is 61.6 Å². The molecule has 1 amide bonds. The van der Waals surface area contributed by atoms with Gasteiger partial charge in [0.15, 0.2) is 0 Å². The molecule has 59 heavy (non-hydrogen) atoms. The smallest absolute Gasteiger partial charge is 0.329 e. The van der Waals surface area contributed by atoms with E-state index in [2.05, 4.69) is 97.0 Å². The fourth-order valence-electron chi connectivity index (χ4n) is 7.44. The molecule has 1 unspecified atom stereocenters. The molecule has 1 heterocycles. The molecule has 0 aliphatic heterocycles. The first kappa shape index (κ1) is 44.1. The van der Waals surface area contributed by atoms with E-state index < -0.39 is 17.9 Å². The van der Waals surface area contributed by atoms with Crippen LogP contribution in [0.1, 0.15) is 90.1 Å². The van der Waals surface area contributed by atoms with Crippen LogP contribution in [-0.4, -0.2) is 46.1 Å². The van der Waals surface area contributed by atoms with Crippen LogP contribution in [0.3, 0.4) is 0 Å². The van der Waals surface area contributed by atoms with E-state index in [-0.39, 0.29) is 12.2 Å². The number of carbonyl (C=O) groups is 3. The van der Waals surface area contributed by atoms with Crippen molar-refractivity contribution in [3.8, 4) is 0 Å². The number of hydrogen-bond donors (Lipinski definition) is 1. The van der Waals surface area contributed by atoms with Crippen LogP contribution in [0.4, 0.5) is 5.69 Å². The lowest BCUT2D eigenvalue weighted by Gasteiger charge is -2.29. The standard InChI is InChI=1S/C43H46N4O4.C5H5O.C2H6/c1-6-45(7-2)40-22-20-34(35-16-12-13-17-36(35)40)28-50-27-31-18-21-41-37(24-31)38-25-33(19-23-42(38)46(41)8-3)39(44)26-43(32-14-10-9-11-15-32)47(29(4)48)51-30(5)49;1-4(6)5-2-3-5;1-2/h9-25,43-44H,6-8,26-28H2,1-5H3;2-3H,1H3;1-2H3. The molecular weight excluding hydrogens is 737 g/mol. The van der Waals surface area contributed by atoms with E-state index in [0.717, 1.165) is 69.1 Å². The molecule has 9 heteroatoms. The van der Waals surface area contributed by atoms with E-state index in [0.29, 0.717) is 18.9 Å². The molecule has 307 valence electrons. The number of nitrogens with one attached hydrogen (secondary N) is 1. The maximum absolute atomic E-state index is 12.6. The van der Waals surface area contributed by atoms with Gasteiger partial charge in [0.25, 0.3) is 5.91 Å². The number of aryl methyl sites for hydroxylation is 1. The predicted octanol–water partition coefficient (Wildman–Crippen LogP) is 11.1. The van der Waals surface area contributed by atoms with E-state index in [4.69, 9.17) is 9.57 Å². The Bertz CT molecular complexity index is 2440. The summed E-state index contributed by atoms with van der Waals surface area (Å²) in [5.41, 5.74) is 7.56. The quantitative estimate of drug-likeness (QED) is 0.0870. The number of ketones is 1. The average Bonchev–Trinajstić information content (AvgIpc) is 4.07. The van der Waals surface area contributed by atoms with Gasteiger partial charge in [-0.3, -0.25) is 14.4 Å². The van der Waals surface area contributed by atoms with E-state index in [1.807, 2.05) is 62.4 Å². The minimum atomic E-state index is -0.651. The highest BCUT2D eigenvalue weighted by Gasteiger charge is 2.28. The fourth-order valence-corrected chi connectivity index (χ4v) is 7.44. The second-order valence-electron chi connectivity index (χ2n) is 14.2. The van der Waals surface area contributed by atoms with Gasteiger partial charge in [0.2, 0.25) is 0 Å². The molecule has 6 aromatic rings. The average molecular weight is 794 g/mol. The van der Waals surface area contributed by atoms with Gasteiger partial charge in [-0.15, -0.1) is 0 Å². The number of benzene rings is 5. The van der Waals surface area contributed by atoms with Crippen molar-refractivity contribution in [2.75, 3.05) is 18.0 Å². The SMILES string of the molecule is CC.CC(=O)[C]1C=C1.CCN(CC)c1ccc(COCc2ccc3c(c2)c2cc(C(=N)CC(c4ccccc4)N(OC(C)=O)C(C)=O)ccc2n3CC)c2ccccc12. The van der Waals surface area contributed by atoms with E-state index >= 15 is 0 Å². The van der Waals surface area contributed by atoms with Gasteiger partial charge in [-0.25, -0.2) is 0 Å². The van der Waals surface area contributed by atoms with Crippen LogP contribution >= 0.6 is 0 Å². The maximum atomic E-state index is 12.6. The Hall–Kier alpha value is -6.06. The van der Waals surface area contributed by atoms with Gasteiger partial charge in [0.05, 0.1) is 19.1 Å². The second-order valence-corrected chi connectivity index (χ2v) is 14.2. The second kappa shape index (κ2) is 20.6. The summed E-state index contributed by atoms with van der Waals surface area (Å²) in [5, 5.41) is 14.9. The summed E-state index contributed by atoms with van der Waals surface area (Å²) in [7, 11) is 0. The summed E-state index contributed by atoms with van der Waals surface area (Å²) in [4.78, 5) is 42.4. The molecule has 1 aliphatic rings. The highest BCUT2D eigenvalue weighted by Crippen LogP contribution is 2.34. The first-order chi connectivity index (χ1) is 28.5. The lowest BCUT2D eigenvalue weighted by molar-refractivity contribution is -0.204. The monoisotopic (exact) mass is 793 g/mol. The summed E-state index contributed by atoms with van der Waals surface area (Å²) in [6.45, 7) is 18.4. The molecule has 1 atom stereocenters. The molecule has 1 N–H and O–H groups in total. The zero-order valence-corrected chi connectivity index (χ0v) is 35.7. The number of nitrogens with zero attached hydrogens (tertiary/aromatic N) is 3. The number of rotatable bonds is 14. The van der Waals surface area contributed by atoms with Gasteiger partial charge < -0.3 is 24.5 Å². The third-order valence-corrected chi connectivity index (χ3v) is 10.4. The van der Waals surface area contributed by atoms with Crippen molar-refractivity contribution < 1.29 is 24.0 Å². The first-order valence-electron chi connectivity index (χ1n) is 20.6. The molecule has 9 nitrogen and oxygen atoms in total. The summed E-state index contributed by atoms with van der Waals surface area (Å²) < 4.78 is 8.64. The molecule has 0 fully saturated rings. The molecule has 0 bridgehead atoms. The van der Waals surface area contributed by atoms with Crippen LogP contribution < -0.4 is 4.90 Å². The number of ether oxygens (including phenoxy) is 1. The highest BCUT2D eigenvalue weighted by molar-refractivity contribution is 6.11. The summed E-state index contributed by atoms with van der Waals surface area (Å²) >= 11 is 0. The van der Waals surface area contributed by atoms with Gasteiger partial charge in [-0.2, -0.15) is 5.06 Å². The largest absolute Gasteiger partial charge is 0.372 e. The molecule has 1 aliphatic carbocycles. The zero-order valence-electron chi connectivity index (χ0n) is 35.7. The van der Waals surface area contributed by atoms with Crippen LogP contribution in [0, 0.1) is 11.3 Å². The summed E-state index contributed by atoms with van der Waals surface area (Å²) in [5.74, 6) is 0.0469. The van der Waals surface area contributed by atoms with Crippen LogP contribution in [0.5, 0.6) is 0 Å².